The molecule has 0 spiro atoms. The average Bonchev–Trinajstić information content (AvgIpc) is 2.59. The maximum atomic E-state index is 12.4. The number of nitrogens with one attached hydrogen (secondary N) is 1. The van der Waals surface area contributed by atoms with E-state index in [0.717, 1.165) is 23.1 Å². The average molecular weight is 385 g/mol. The topological polar surface area (TPSA) is 75.7 Å². The van der Waals surface area contributed by atoms with Crippen LogP contribution in [0.3, 0.4) is 0 Å². The van der Waals surface area contributed by atoms with Gasteiger partial charge in [0.15, 0.2) is 0 Å². The Balaban J connectivity index is 2.65. The van der Waals surface area contributed by atoms with Crippen molar-refractivity contribution in [2.45, 2.75) is 50.8 Å². The second-order valence-corrected chi connectivity index (χ2v) is 9.13. The highest BCUT2D eigenvalue weighted by molar-refractivity contribution is 7.89. The van der Waals surface area contributed by atoms with Crippen molar-refractivity contribution in [3.63, 3.8) is 0 Å². The van der Waals surface area contributed by atoms with Crippen LogP contribution >= 0.6 is 0 Å². The van der Waals surface area contributed by atoms with Crippen LogP contribution in [0.25, 0.3) is 0 Å². The minimum Gasteiger partial charge on any atom is -0.495 e. The Morgan fingerprint density at radius 2 is 1.81 bits per heavy atom. The van der Waals surface area contributed by atoms with Gasteiger partial charge in [-0.1, -0.05) is 39.5 Å². The maximum Gasteiger partial charge on any atom is 0.251 e. The minimum absolute atomic E-state index is 0.00802. The van der Waals surface area contributed by atoms with Gasteiger partial charge in [-0.25, -0.2) is 12.7 Å². The van der Waals surface area contributed by atoms with Gasteiger partial charge in [-0.05, 0) is 30.5 Å². The predicted molar refractivity (Wildman–Crippen MR) is 104 cm³/mol. The van der Waals surface area contributed by atoms with Crippen molar-refractivity contribution in [3.8, 4) is 5.75 Å². The van der Waals surface area contributed by atoms with E-state index >= 15 is 0 Å². The molecule has 1 amide bonds. The Labute approximate surface area is 158 Å². The second kappa shape index (κ2) is 10.5. The largest absolute Gasteiger partial charge is 0.495 e. The molecule has 0 aliphatic rings. The molecule has 148 valence electrons. The van der Waals surface area contributed by atoms with Crippen LogP contribution in [0, 0.1) is 5.92 Å². The zero-order valence-electron chi connectivity index (χ0n) is 16.5. The lowest BCUT2D eigenvalue weighted by Crippen LogP contribution is -2.26. The lowest BCUT2D eigenvalue weighted by atomic mass is 10.0. The summed E-state index contributed by atoms with van der Waals surface area (Å²) in [7, 11) is 0.606. The number of unbranched alkanes of at least 4 members (excludes halogenated alkanes) is 3. The number of amides is 1. The van der Waals surface area contributed by atoms with Crippen molar-refractivity contribution in [2.24, 2.45) is 5.92 Å². The Bertz CT molecular complexity index is 685. The molecule has 6 nitrogen and oxygen atoms in total. The summed E-state index contributed by atoms with van der Waals surface area (Å²) in [5, 5.41) is 2.86. The summed E-state index contributed by atoms with van der Waals surface area (Å²) in [4.78, 5) is 12.3. The molecule has 0 aromatic heterocycles. The van der Waals surface area contributed by atoms with Gasteiger partial charge in [0.2, 0.25) is 10.0 Å². The normalized spacial score (nSPS) is 11.8. The quantitative estimate of drug-likeness (QED) is 0.594. The number of ether oxygens (including phenoxy) is 1. The second-order valence-electron chi connectivity index (χ2n) is 7.01. The highest BCUT2D eigenvalue weighted by Gasteiger charge is 2.23. The molecule has 1 aromatic rings. The predicted octanol–water partition coefficient (Wildman–Crippen LogP) is 3.28. The van der Waals surface area contributed by atoms with Crippen molar-refractivity contribution in [3.05, 3.63) is 23.8 Å². The number of carbonyl (C=O) groups is 1. The third-order valence-corrected chi connectivity index (χ3v) is 6.01. The Morgan fingerprint density at radius 3 is 2.38 bits per heavy atom. The molecule has 0 aliphatic carbocycles. The van der Waals surface area contributed by atoms with Gasteiger partial charge in [-0.15, -0.1) is 0 Å². The SMILES string of the molecule is COc1ccc(C(=O)NCCCCCCC(C)C)cc1S(=O)(=O)N(C)C. The van der Waals surface area contributed by atoms with Gasteiger partial charge in [0.1, 0.15) is 10.6 Å². The third-order valence-electron chi connectivity index (χ3n) is 4.18. The fourth-order valence-electron chi connectivity index (χ4n) is 2.55. The van der Waals surface area contributed by atoms with Crippen LogP contribution < -0.4 is 10.1 Å². The molecule has 0 atom stereocenters. The van der Waals surface area contributed by atoms with Gasteiger partial charge in [-0.3, -0.25) is 4.79 Å². The lowest BCUT2D eigenvalue weighted by molar-refractivity contribution is 0.0952. The van der Waals surface area contributed by atoms with E-state index < -0.39 is 10.0 Å². The molecule has 7 heteroatoms. The number of hydrogen-bond acceptors (Lipinski definition) is 4. The lowest BCUT2D eigenvalue weighted by Gasteiger charge is -2.15. The summed E-state index contributed by atoms with van der Waals surface area (Å²) in [5.41, 5.74) is 0.311. The number of rotatable bonds is 11. The van der Waals surface area contributed by atoms with Gasteiger partial charge in [-0.2, -0.15) is 0 Å². The fourth-order valence-corrected chi connectivity index (χ4v) is 3.63. The molecule has 0 unspecified atom stereocenters. The van der Waals surface area contributed by atoms with Crippen molar-refractivity contribution >= 4 is 15.9 Å². The van der Waals surface area contributed by atoms with Crippen LogP contribution in [0.2, 0.25) is 0 Å². The van der Waals surface area contributed by atoms with Crippen molar-refractivity contribution in [1.29, 1.82) is 0 Å². The zero-order valence-corrected chi connectivity index (χ0v) is 17.4. The van der Waals surface area contributed by atoms with Crippen LogP contribution in [0.15, 0.2) is 23.1 Å². The molecule has 1 aromatic carbocycles. The van der Waals surface area contributed by atoms with Crippen molar-refractivity contribution < 1.29 is 17.9 Å². The number of hydrogen-bond donors (Lipinski definition) is 1. The molecule has 1 rings (SSSR count). The molecule has 0 radical (unpaired) electrons. The molecular weight excluding hydrogens is 352 g/mol. The summed E-state index contributed by atoms with van der Waals surface area (Å²) < 4.78 is 31.1. The van der Waals surface area contributed by atoms with Crippen LogP contribution in [-0.4, -0.2) is 46.4 Å². The van der Waals surface area contributed by atoms with Crippen LogP contribution in [0.4, 0.5) is 0 Å². The first-order valence-electron chi connectivity index (χ1n) is 9.09. The standard InChI is InChI=1S/C19H32N2O4S/c1-15(2)10-8-6-7-9-13-20-19(22)16-11-12-17(25-5)18(14-16)26(23,24)21(3)4/h11-12,14-15H,6-10,13H2,1-5H3,(H,20,22). The smallest absolute Gasteiger partial charge is 0.251 e. The van der Waals surface area contributed by atoms with Crippen LogP contribution in [0.5, 0.6) is 5.75 Å². The van der Waals surface area contributed by atoms with Crippen molar-refractivity contribution in [2.75, 3.05) is 27.7 Å². The first kappa shape index (κ1) is 22.4. The number of benzene rings is 1. The summed E-state index contributed by atoms with van der Waals surface area (Å²) in [5.74, 6) is 0.683. The molecule has 1 N–H and O–H groups in total. The summed E-state index contributed by atoms with van der Waals surface area (Å²) in [6, 6.07) is 4.45. The number of nitrogens with zero attached hydrogens (tertiary/aromatic N) is 1. The molecule has 0 saturated heterocycles. The fraction of sp³-hybridized carbons (Fsp3) is 0.632. The monoisotopic (exact) mass is 384 g/mol. The van der Waals surface area contributed by atoms with E-state index in [1.807, 2.05) is 0 Å². The number of sulfonamides is 1. The molecule has 0 bridgehead atoms. The van der Waals surface area contributed by atoms with Crippen LogP contribution in [-0.2, 0) is 10.0 Å². The van der Waals surface area contributed by atoms with Gasteiger partial charge in [0.25, 0.3) is 5.91 Å². The van der Waals surface area contributed by atoms with E-state index in [1.165, 1.54) is 52.6 Å². The zero-order chi connectivity index (χ0) is 19.7. The highest BCUT2D eigenvalue weighted by atomic mass is 32.2. The van der Waals surface area contributed by atoms with E-state index in [-0.39, 0.29) is 16.6 Å². The maximum absolute atomic E-state index is 12.4. The van der Waals surface area contributed by atoms with E-state index in [9.17, 15) is 13.2 Å². The third kappa shape index (κ3) is 6.61. The van der Waals surface area contributed by atoms with E-state index in [4.69, 9.17) is 4.74 Å². The first-order valence-corrected chi connectivity index (χ1v) is 10.5. The Morgan fingerprint density at radius 1 is 1.15 bits per heavy atom. The minimum atomic E-state index is -3.69. The molecule has 0 heterocycles. The summed E-state index contributed by atoms with van der Waals surface area (Å²) in [6.45, 7) is 5.03. The summed E-state index contributed by atoms with van der Waals surface area (Å²) >= 11 is 0. The van der Waals surface area contributed by atoms with E-state index in [0.29, 0.717) is 12.1 Å². The van der Waals surface area contributed by atoms with Crippen molar-refractivity contribution in [1.82, 2.24) is 9.62 Å². The molecule has 0 saturated carbocycles. The van der Waals surface area contributed by atoms with Gasteiger partial charge >= 0.3 is 0 Å². The van der Waals surface area contributed by atoms with Gasteiger partial charge in [0.05, 0.1) is 7.11 Å². The Hall–Kier alpha value is -1.60. The van der Waals surface area contributed by atoms with E-state index in [2.05, 4.69) is 19.2 Å². The van der Waals surface area contributed by atoms with Gasteiger partial charge < -0.3 is 10.1 Å². The molecular formula is C19H32N2O4S. The van der Waals surface area contributed by atoms with E-state index in [1.54, 1.807) is 6.07 Å². The Kier molecular flexibility index (Phi) is 9.08. The number of methoxy groups -OCH3 is 1. The number of carbonyl (C=O) groups excluding carboxylic acids is 1. The first-order chi connectivity index (χ1) is 12.2. The molecule has 0 fully saturated rings. The summed E-state index contributed by atoms with van der Waals surface area (Å²) in [6.07, 6.45) is 5.62. The molecule has 26 heavy (non-hydrogen) atoms. The highest BCUT2D eigenvalue weighted by Crippen LogP contribution is 2.26. The van der Waals surface area contributed by atoms with Crippen LogP contribution in [0.1, 0.15) is 56.3 Å². The molecule has 0 aliphatic heterocycles. The van der Waals surface area contributed by atoms with Gasteiger partial charge in [0, 0.05) is 26.2 Å².